The van der Waals surface area contributed by atoms with Gasteiger partial charge in [0.25, 0.3) is 0 Å². The van der Waals surface area contributed by atoms with Crippen LogP contribution in [0.1, 0.15) is 46.5 Å². The Kier molecular flexibility index (Phi) is 14.1. The summed E-state index contributed by atoms with van der Waals surface area (Å²) in [5.41, 5.74) is 0. The monoisotopic (exact) mass is 453 g/mol. The molecule has 0 aromatic heterocycles. The van der Waals surface area contributed by atoms with Crippen molar-refractivity contribution in [3.8, 4) is 0 Å². The molecule has 0 amide bonds. The number of aliphatic imine (C=N–C) groups is 1. The predicted molar refractivity (Wildman–Crippen MR) is 117 cm³/mol. The van der Waals surface area contributed by atoms with Gasteiger partial charge in [0.2, 0.25) is 0 Å². The summed E-state index contributed by atoms with van der Waals surface area (Å²) in [7, 11) is 4.08. The molecule has 1 aliphatic rings. The number of rotatable bonds is 8. The molecule has 2 N–H and O–H groups in total. The molecule has 24 heavy (non-hydrogen) atoms. The van der Waals surface area contributed by atoms with Crippen molar-refractivity contribution in [1.29, 1.82) is 0 Å². The average molecular weight is 453 g/mol. The molecule has 0 saturated carbocycles. The minimum atomic E-state index is 0. The smallest absolute Gasteiger partial charge is 0.191 e. The first-order valence-corrected chi connectivity index (χ1v) is 9.39. The Morgan fingerprint density at radius 2 is 1.83 bits per heavy atom. The minimum absolute atomic E-state index is 0. The molecule has 1 atom stereocenters. The Balaban J connectivity index is 0.00000529. The minimum Gasteiger partial charge on any atom is -0.356 e. The van der Waals surface area contributed by atoms with Crippen molar-refractivity contribution in [2.45, 2.75) is 52.5 Å². The van der Waals surface area contributed by atoms with Crippen LogP contribution in [0.5, 0.6) is 0 Å². The van der Waals surface area contributed by atoms with Crippen LogP contribution in [0.3, 0.4) is 0 Å². The molecule has 144 valence electrons. The fourth-order valence-corrected chi connectivity index (χ4v) is 2.92. The molecule has 1 aliphatic heterocycles. The fourth-order valence-electron chi connectivity index (χ4n) is 2.92. The van der Waals surface area contributed by atoms with Crippen LogP contribution >= 0.6 is 24.0 Å². The van der Waals surface area contributed by atoms with Crippen molar-refractivity contribution in [2.24, 2.45) is 10.9 Å². The Hall–Kier alpha value is -0.0800. The van der Waals surface area contributed by atoms with Gasteiger partial charge in [-0.15, -0.1) is 24.0 Å². The molecule has 0 aromatic carbocycles. The molecule has 1 saturated heterocycles. The Morgan fingerprint density at radius 3 is 2.50 bits per heavy atom. The molecule has 0 spiro atoms. The zero-order valence-corrected chi connectivity index (χ0v) is 18.8. The number of nitrogens with one attached hydrogen (secondary N) is 2. The third-order valence-electron chi connectivity index (χ3n) is 4.54. The van der Waals surface area contributed by atoms with Gasteiger partial charge in [-0.2, -0.15) is 0 Å². The van der Waals surface area contributed by atoms with Gasteiger partial charge in [0.05, 0.1) is 0 Å². The molecule has 0 bridgehead atoms. The maximum atomic E-state index is 4.34. The maximum Gasteiger partial charge on any atom is 0.191 e. The summed E-state index contributed by atoms with van der Waals surface area (Å²) >= 11 is 0. The summed E-state index contributed by atoms with van der Waals surface area (Å²) in [6.45, 7) is 13.8. The molecule has 0 radical (unpaired) electrons. The van der Waals surface area contributed by atoms with E-state index in [2.05, 4.69) is 53.2 Å². The van der Waals surface area contributed by atoms with Crippen molar-refractivity contribution in [3.05, 3.63) is 0 Å². The molecule has 5 nitrogen and oxygen atoms in total. The molecule has 6 heteroatoms. The second-order valence-corrected chi connectivity index (χ2v) is 7.37. The van der Waals surface area contributed by atoms with Crippen LogP contribution < -0.4 is 10.6 Å². The van der Waals surface area contributed by atoms with Crippen molar-refractivity contribution >= 4 is 29.9 Å². The van der Waals surface area contributed by atoms with E-state index in [1.165, 1.54) is 58.4 Å². The van der Waals surface area contributed by atoms with Gasteiger partial charge in [0.1, 0.15) is 0 Å². The van der Waals surface area contributed by atoms with E-state index in [9.17, 15) is 0 Å². The second-order valence-electron chi connectivity index (χ2n) is 7.37. The maximum absolute atomic E-state index is 4.34. The largest absolute Gasteiger partial charge is 0.356 e. The average Bonchev–Trinajstić information content (AvgIpc) is 2.72. The highest BCUT2D eigenvalue weighted by Crippen LogP contribution is 2.06. The van der Waals surface area contributed by atoms with Crippen molar-refractivity contribution in [2.75, 3.05) is 53.4 Å². The van der Waals surface area contributed by atoms with Crippen molar-refractivity contribution in [1.82, 2.24) is 20.4 Å². The van der Waals surface area contributed by atoms with Crippen LogP contribution in [0, 0.1) is 5.92 Å². The number of hydrogen-bond acceptors (Lipinski definition) is 3. The first-order chi connectivity index (χ1) is 11.0. The van der Waals surface area contributed by atoms with Gasteiger partial charge >= 0.3 is 0 Å². The van der Waals surface area contributed by atoms with Gasteiger partial charge in [-0.3, -0.25) is 4.99 Å². The van der Waals surface area contributed by atoms with E-state index in [0.717, 1.165) is 18.4 Å². The first-order valence-electron chi connectivity index (χ1n) is 9.39. The van der Waals surface area contributed by atoms with Crippen molar-refractivity contribution in [3.63, 3.8) is 0 Å². The summed E-state index contributed by atoms with van der Waals surface area (Å²) in [6, 6.07) is 0.477. The number of nitrogens with zero attached hydrogens (tertiary/aromatic N) is 3. The van der Waals surface area contributed by atoms with E-state index in [4.69, 9.17) is 0 Å². The van der Waals surface area contributed by atoms with Gasteiger partial charge < -0.3 is 20.4 Å². The lowest BCUT2D eigenvalue weighted by atomic mass is 10.0. The lowest BCUT2D eigenvalue weighted by molar-refractivity contribution is 0.274. The Bertz CT molecular complexity index is 335. The quantitative estimate of drug-likeness (QED) is 0.257. The molecule has 0 aliphatic carbocycles. The van der Waals surface area contributed by atoms with Crippen LogP contribution in [0.2, 0.25) is 0 Å². The lowest BCUT2D eigenvalue weighted by Gasteiger charge is -2.21. The Labute approximate surface area is 167 Å². The molecule has 1 heterocycles. The highest BCUT2D eigenvalue weighted by Gasteiger charge is 2.11. The van der Waals surface area contributed by atoms with Crippen LogP contribution in [0.15, 0.2) is 4.99 Å². The van der Waals surface area contributed by atoms with E-state index in [1.54, 1.807) is 0 Å². The van der Waals surface area contributed by atoms with Crippen LogP contribution in [-0.4, -0.2) is 75.2 Å². The van der Waals surface area contributed by atoms with Crippen LogP contribution in [0.25, 0.3) is 0 Å². The van der Waals surface area contributed by atoms with E-state index < -0.39 is 0 Å². The predicted octanol–water partition coefficient (Wildman–Crippen LogP) is 2.62. The van der Waals surface area contributed by atoms with E-state index in [1.807, 2.05) is 7.05 Å². The molecular weight excluding hydrogens is 413 g/mol. The zero-order chi connectivity index (χ0) is 17.1. The standard InChI is InChI=1S/C18H39N5.HI/c1-16(2)8-9-17(3)21-18(19-4)20-10-6-12-23-13-7-11-22(5)14-15-23;/h16-17H,6-15H2,1-5H3,(H2,19,20,21);1H. The zero-order valence-electron chi connectivity index (χ0n) is 16.5. The third-order valence-corrected chi connectivity index (χ3v) is 4.54. The van der Waals surface area contributed by atoms with Crippen LogP contribution in [-0.2, 0) is 0 Å². The third kappa shape index (κ3) is 11.5. The van der Waals surface area contributed by atoms with E-state index in [0.29, 0.717) is 6.04 Å². The molecule has 1 rings (SSSR count). The second kappa shape index (κ2) is 14.1. The van der Waals surface area contributed by atoms with Gasteiger partial charge in [0, 0.05) is 32.7 Å². The van der Waals surface area contributed by atoms with Gasteiger partial charge in [0.15, 0.2) is 5.96 Å². The summed E-state index contributed by atoms with van der Waals surface area (Å²) in [5.74, 6) is 1.71. The van der Waals surface area contributed by atoms with Gasteiger partial charge in [-0.25, -0.2) is 0 Å². The number of likely N-dealkylation sites (N-methyl/N-ethyl adjacent to an activating group) is 1. The van der Waals surface area contributed by atoms with Crippen molar-refractivity contribution < 1.29 is 0 Å². The number of guanidine groups is 1. The molecule has 1 unspecified atom stereocenters. The van der Waals surface area contributed by atoms with E-state index >= 15 is 0 Å². The number of halogens is 1. The topological polar surface area (TPSA) is 42.9 Å². The lowest BCUT2D eigenvalue weighted by Crippen LogP contribution is -2.43. The SMILES string of the molecule is CN=C(NCCCN1CCCN(C)CC1)NC(C)CCC(C)C.I. The molecule has 0 aromatic rings. The first kappa shape index (κ1) is 23.9. The molecular formula is C18H40IN5. The fraction of sp³-hybridized carbons (Fsp3) is 0.944. The van der Waals surface area contributed by atoms with E-state index in [-0.39, 0.29) is 24.0 Å². The summed E-state index contributed by atoms with van der Waals surface area (Å²) in [5, 5.41) is 6.95. The highest BCUT2D eigenvalue weighted by molar-refractivity contribution is 14.0. The van der Waals surface area contributed by atoms with Gasteiger partial charge in [-0.1, -0.05) is 13.8 Å². The molecule has 1 fully saturated rings. The summed E-state index contributed by atoms with van der Waals surface area (Å²) < 4.78 is 0. The van der Waals surface area contributed by atoms with Crippen LogP contribution in [0.4, 0.5) is 0 Å². The number of hydrogen-bond donors (Lipinski definition) is 2. The van der Waals surface area contributed by atoms with Gasteiger partial charge in [-0.05, 0) is 65.2 Å². The highest BCUT2D eigenvalue weighted by atomic mass is 127. The Morgan fingerprint density at radius 1 is 1.08 bits per heavy atom. The summed E-state index contributed by atoms with van der Waals surface area (Å²) in [4.78, 5) is 9.36. The summed E-state index contributed by atoms with van der Waals surface area (Å²) in [6.07, 6.45) is 4.92. The normalized spacial score (nSPS) is 18.8.